The molecule has 1 fully saturated rings. The molecule has 1 unspecified atom stereocenters. The number of para-hydroxylation sites is 1. The summed E-state index contributed by atoms with van der Waals surface area (Å²) in [4.78, 5) is 24.6. The van der Waals surface area contributed by atoms with Gasteiger partial charge in [0, 0.05) is 18.2 Å². The van der Waals surface area contributed by atoms with Crippen LogP contribution < -0.4 is 4.74 Å². The largest absolute Gasteiger partial charge is 0.493 e. The van der Waals surface area contributed by atoms with Crippen molar-refractivity contribution in [1.29, 1.82) is 0 Å². The topological polar surface area (TPSA) is 66.8 Å². The normalized spacial score (nSPS) is 18.1. The summed E-state index contributed by atoms with van der Waals surface area (Å²) < 4.78 is 5.48. The molecular weight excluding hydrogens is 270 g/mol. The highest BCUT2D eigenvalue weighted by molar-refractivity contribution is 5.95. The van der Waals surface area contributed by atoms with E-state index in [-0.39, 0.29) is 5.91 Å². The second kappa shape index (κ2) is 6.92. The first kappa shape index (κ1) is 15.1. The minimum absolute atomic E-state index is 0.272. The molecule has 1 saturated heterocycles. The molecule has 1 N–H and O–H groups in total. The van der Waals surface area contributed by atoms with Crippen molar-refractivity contribution < 1.29 is 19.4 Å². The van der Waals surface area contributed by atoms with Crippen molar-refractivity contribution in [2.45, 2.75) is 25.8 Å². The first-order valence-corrected chi connectivity index (χ1v) is 7.06. The number of aliphatic carboxylic acids is 1. The molecule has 0 bridgehead atoms. The molecular formula is C16H19NO4. The molecule has 0 saturated carbocycles. The van der Waals surface area contributed by atoms with E-state index in [4.69, 9.17) is 9.84 Å². The minimum atomic E-state index is -0.941. The number of carboxylic acids is 1. The Morgan fingerprint density at radius 1 is 1.43 bits per heavy atom. The number of carbonyl (C=O) groups excluding carboxylic acids is 1. The molecule has 0 spiro atoms. The summed E-state index contributed by atoms with van der Waals surface area (Å²) >= 11 is 0. The molecule has 2 rings (SSSR count). The van der Waals surface area contributed by atoms with Crippen LogP contribution in [0.3, 0.4) is 0 Å². The molecule has 1 aromatic rings. The number of ether oxygens (including phenoxy) is 1. The number of carbonyl (C=O) groups is 2. The van der Waals surface area contributed by atoms with Crippen LogP contribution in [0.15, 0.2) is 30.3 Å². The van der Waals surface area contributed by atoms with E-state index < -0.39 is 12.0 Å². The van der Waals surface area contributed by atoms with E-state index in [0.29, 0.717) is 25.3 Å². The third-order valence-corrected chi connectivity index (χ3v) is 3.45. The van der Waals surface area contributed by atoms with Crippen LogP contribution in [0, 0.1) is 0 Å². The third-order valence-electron chi connectivity index (χ3n) is 3.45. The van der Waals surface area contributed by atoms with Crippen molar-refractivity contribution >= 4 is 18.0 Å². The summed E-state index contributed by atoms with van der Waals surface area (Å²) in [5.41, 5.74) is 0.804. The quantitative estimate of drug-likeness (QED) is 0.844. The Balaban J connectivity index is 2.10. The number of rotatable bonds is 5. The third kappa shape index (κ3) is 3.62. The summed E-state index contributed by atoms with van der Waals surface area (Å²) in [7, 11) is 0. The van der Waals surface area contributed by atoms with Crippen LogP contribution in [0.1, 0.15) is 25.3 Å². The summed E-state index contributed by atoms with van der Waals surface area (Å²) in [5, 5.41) is 9.09. The van der Waals surface area contributed by atoms with Gasteiger partial charge in [-0.3, -0.25) is 4.79 Å². The summed E-state index contributed by atoms with van der Waals surface area (Å²) in [5.74, 6) is -0.504. The highest BCUT2D eigenvalue weighted by Crippen LogP contribution is 2.21. The van der Waals surface area contributed by atoms with Gasteiger partial charge < -0.3 is 14.7 Å². The highest BCUT2D eigenvalue weighted by Gasteiger charge is 2.32. The average molecular weight is 289 g/mol. The van der Waals surface area contributed by atoms with E-state index in [9.17, 15) is 9.59 Å². The zero-order valence-corrected chi connectivity index (χ0v) is 12.0. The van der Waals surface area contributed by atoms with Gasteiger partial charge in [-0.05, 0) is 31.9 Å². The monoisotopic (exact) mass is 289 g/mol. The Morgan fingerprint density at radius 3 is 2.90 bits per heavy atom. The van der Waals surface area contributed by atoms with Gasteiger partial charge in [0.25, 0.3) is 0 Å². The molecule has 112 valence electrons. The Bertz CT molecular complexity index is 553. The lowest BCUT2D eigenvalue weighted by atomic mass is 10.2. The summed E-state index contributed by atoms with van der Waals surface area (Å²) in [6.45, 7) is 2.94. The van der Waals surface area contributed by atoms with Crippen molar-refractivity contribution in [3.8, 4) is 5.75 Å². The molecule has 0 aliphatic carbocycles. The Morgan fingerprint density at radius 2 is 2.19 bits per heavy atom. The molecule has 1 aliphatic heterocycles. The number of amides is 1. The first-order valence-electron chi connectivity index (χ1n) is 7.06. The Kier molecular flexibility index (Phi) is 4.98. The maximum atomic E-state index is 12.1. The number of hydrogen-bond acceptors (Lipinski definition) is 3. The maximum absolute atomic E-state index is 12.1. The van der Waals surface area contributed by atoms with Gasteiger partial charge in [0.05, 0.1) is 6.61 Å². The Labute approximate surface area is 123 Å². The van der Waals surface area contributed by atoms with Gasteiger partial charge in [0.1, 0.15) is 11.8 Å². The van der Waals surface area contributed by atoms with E-state index in [1.54, 1.807) is 6.08 Å². The van der Waals surface area contributed by atoms with Crippen LogP contribution in [0.4, 0.5) is 0 Å². The van der Waals surface area contributed by atoms with E-state index in [2.05, 4.69) is 0 Å². The van der Waals surface area contributed by atoms with Crippen LogP contribution in [0.5, 0.6) is 5.75 Å². The lowest BCUT2D eigenvalue weighted by Crippen LogP contribution is -2.39. The fraction of sp³-hybridized carbons (Fsp3) is 0.375. The number of likely N-dealkylation sites (tertiary alicyclic amines) is 1. The van der Waals surface area contributed by atoms with Crippen LogP contribution in [-0.2, 0) is 9.59 Å². The minimum Gasteiger partial charge on any atom is -0.493 e. The molecule has 0 radical (unpaired) electrons. The van der Waals surface area contributed by atoms with Gasteiger partial charge in [-0.1, -0.05) is 18.2 Å². The number of carboxylic acid groups (broad SMARTS) is 1. The van der Waals surface area contributed by atoms with Crippen molar-refractivity contribution in [1.82, 2.24) is 4.90 Å². The zero-order valence-electron chi connectivity index (χ0n) is 12.0. The second-order valence-corrected chi connectivity index (χ2v) is 4.83. The molecule has 5 heteroatoms. The molecule has 0 aromatic heterocycles. The summed E-state index contributed by atoms with van der Waals surface area (Å²) in [6.07, 6.45) is 4.33. The number of nitrogens with zero attached hydrogens (tertiary/aromatic N) is 1. The van der Waals surface area contributed by atoms with Crippen molar-refractivity contribution in [3.63, 3.8) is 0 Å². The highest BCUT2D eigenvalue weighted by atomic mass is 16.5. The predicted molar refractivity (Wildman–Crippen MR) is 79.0 cm³/mol. The second-order valence-electron chi connectivity index (χ2n) is 4.83. The predicted octanol–water partition coefficient (Wildman–Crippen LogP) is 2.17. The SMILES string of the molecule is CCOc1ccccc1C=CC(=O)N1CCCC1C(=O)O. The molecule has 1 amide bonds. The fourth-order valence-electron chi connectivity index (χ4n) is 2.45. The fourth-order valence-corrected chi connectivity index (χ4v) is 2.45. The number of hydrogen-bond donors (Lipinski definition) is 1. The van der Waals surface area contributed by atoms with Crippen molar-refractivity contribution in [2.75, 3.05) is 13.2 Å². The molecule has 1 aliphatic rings. The lowest BCUT2D eigenvalue weighted by molar-refractivity contribution is -0.146. The first-order chi connectivity index (χ1) is 10.1. The van der Waals surface area contributed by atoms with Crippen molar-refractivity contribution in [3.05, 3.63) is 35.9 Å². The zero-order chi connectivity index (χ0) is 15.2. The van der Waals surface area contributed by atoms with Crippen LogP contribution in [0.25, 0.3) is 6.08 Å². The maximum Gasteiger partial charge on any atom is 0.326 e. The number of benzene rings is 1. The lowest BCUT2D eigenvalue weighted by Gasteiger charge is -2.19. The van der Waals surface area contributed by atoms with E-state index >= 15 is 0 Å². The van der Waals surface area contributed by atoms with Gasteiger partial charge >= 0.3 is 5.97 Å². The van der Waals surface area contributed by atoms with E-state index in [1.807, 2.05) is 31.2 Å². The van der Waals surface area contributed by atoms with Gasteiger partial charge in [-0.25, -0.2) is 4.79 Å². The van der Waals surface area contributed by atoms with Crippen LogP contribution >= 0.6 is 0 Å². The van der Waals surface area contributed by atoms with Gasteiger partial charge in [-0.15, -0.1) is 0 Å². The van der Waals surface area contributed by atoms with Crippen molar-refractivity contribution in [2.24, 2.45) is 0 Å². The van der Waals surface area contributed by atoms with Gasteiger partial charge in [0.15, 0.2) is 0 Å². The molecule has 1 aromatic carbocycles. The van der Waals surface area contributed by atoms with E-state index in [1.165, 1.54) is 11.0 Å². The summed E-state index contributed by atoms with van der Waals surface area (Å²) in [6, 6.07) is 6.72. The van der Waals surface area contributed by atoms with E-state index in [0.717, 1.165) is 12.0 Å². The van der Waals surface area contributed by atoms with Gasteiger partial charge in [-0.2, -0.15) is 0 Å². The van der Waals surface area contributed by atoms with Crippen LogP contribution in [-0.4, -0.2) is 41.1 Å². The standard InChI is InChI=1S/C16H19NO4/c1-2-21-14-8-4-3-6-12(14)9-10-15(18)17-11-5-7-13(17)16(19)20/h3-4,6,8-10,13H,2,5,7,11H2,1H3,(H,19,20). The molecule has 1 atom stereocenters. The molecule has 5 nitrogen and oxygen atoms in total. The smallest absolute Gasteiger partial charge is 0.326 e. The van der Waals surface area contributed by atoms with Crippen LogP contribution in [0.2, 0.25) is 0 Å². The molecule has 1 heterocycles. The molecule has 21 heavy (non-hydrogen) atoms. The average Bonchev–Trinajstić information content (AvgIpc) is 2.96. The Hall–Kier alpha value is -2.30. The van der Waals surface area contributed by atoms with Gasteiger partial charge in [0.2, 0.25) is 5.91 Å².